The van der Waals surface area contributed by atoms with Crippen molar-refractivity contribution in [1.82, 2.24) is 5.32 Å². The molecular formula is C16H14FNOS. The number of nitrogens with one attached hydrogen (secondary N) is 1. The molecular weight excluding hydrogens is 273 g/mol. The first-order valence-corrected chi connectivity index (χ1v) is 7.37. The van der Waals surface area contributed by atoms with E-state index in [0.717, 1.165) is 6.42 Å². The Bertz CT molecular complexity index is 619. The molecule has 20 heavy (non-hydrogen) atoms. The zero-order valence-corrected chi connectivity index (χ0v) is 11.6. The normalized spacial score (nSPS) is 16.8. The summed E-state index contributed by atoms with van der Waals surface area (Å²) >= 11 is 1.58. The average Bonchev–Trinajstić information content (AvgIpc) is 2.90. The van der Waals surface area contributed by atoms with Gasteiger partial charge in [-0.3, -0.25) is 4.79 Å². The van der Waals surface area contributed by atoms with Gasteiger partial charge in [0.15, 0.2) is 0 Å². The van der Waals surface area contributed by atoms with Crippen LogP contribution in [0.1, 0.15) is 11.1 Å². The van der Waals surface area contributed by atoms with Gasteiger partial charge in [-0.25, -0.2) is 4.39 Å². The van der Waals surface area contributed by atoms with E-state index >= 15 is 0 Å². The number of thioether (sulfide) groups is 1. The number of benzene rings is 2. The van der Waals surface area contributed by atoms with E-state index < -0.39 is 0 Å². The summed E-state index contributed by atoms with van der Waals surface area (Å²) in [6.07, 6.45) is 0.740. The highest BCUT2D eigenvalue weighted by Crippen LogP contribution is 2.36. The van der Waals surface area contributed by atoms with Crippen LogP contribution in [0, 0.1) is 5.82 Å². The van der Waals surface area contributed by atoms with Crippen LogP contribution in [-0.2, 0) is 17.8 Å². The van der Waals surface area contributed by atoms with Crippen LogP contribution >= 0.6 is 11.8 Å². The Morgan fingerprint density at radius 2 is 1.95 bits per heavy atom. The minimum atomic E-state index is -0.282. The van der Waals surface area contributed by atoms with E-state index in [0.29, 0.717) is 5.56 Å². The fraction of sp³-hybridized carbons (Fsp3) is 0.188. The summed E-state index contributed by atoms with van der Waals surface area (Å²) in [5, 5.41) is 2.70. The molecule has 2 aromatic rings. The molecule has 1 amide bonds. The van der Waals surface area contributed by atoms with Crippen molar-refractivity contribution in [2.45, 2.75) is 23.1 Å². The van der Waals surface area contributed by atoms with Gasteiger partial charge in [0.2, 0.25) is 5.91 Å². The van der Waals surface area contributed by atoms with E-state index in [1.54, 1.807) is 30.0 Å². The number of carbonyl (C=O) groups is 1. The Balaban J connectivity index is 1.61. The van der Waals surface area contributed by atoms with Crippen LogP contribution in [0.3, 0.4) is 0 Å². The monoisotopic (exact) mass is 287 g/mol. The summed E-state index contributed by atoms with van der Waals surface area (Å²) in [4.78, 5) is 13.3. The van der Waals surface area contributed by atoms with Crippen molar-refractivity contribution in [3.05, 3.63) is 65.5 Å². The van der Waals surface area contributed by atoms with E-state index in [4.69, 9.17) is 0 Å². The number of rotatable bonds is 3. The van der Waals surface area contributed by atoms with Gasteiger partial charge in [0.05, 0.1) is 5.25 Å². The third-order valence-electron chi connectivity index (χ3n) is 3.35. The topological polar surface area (TPSA) is 29.1 Å². The van der Waals surface area contributed by atoms with Crippen LogP contribution in [0.2, 0.25) is 0 Å². The molecule has 0 aliphatic carbocycles. The zero-order valence-electron chi connectivity index (χ0n) is 10.8. The van der Waals surface area contributed by atoms with Crippen LogP contribution in [0.25, 0.3) is 0 Å². The third kappa shape index (κ3) is 2.70. The Kier molecular flexibility index (Phi) is 3.74. The maximum atomic E-state index is 13.5. The standard InChI is InChI=1S/C16H14FNOS/c17-13-7-3-1-6-12(13)10-18-16(19)15-9-11-5-2-4-8-14(11)20-15/h1-8,15H,9-10H2,(H,18,19). The minimum Gasteiger partial charge on any atom is -0.351 e. The predicted molar refractivity (Wildman–Crippen MR) is 78.0 cm³/mol. The second-order valence-electron chi connectivity index (χ2n) is 4.73. The van der Waals surface area contributed by atoms with Crippen LogP contribution in [0.15, 0.2) is 53.4 Å². The van der Waals surface area contributed by atoms with E-state index in [1.165, 1.54) is 16.5 Å². The number of carbonyl (C=O) groups excluding carboxylic acids is 1. The molecule has 0 bridgehead atoms. The fourth-order valence-corrected chi connectivity index (χ4v) is 3.49. The van der Waals surface area contributed by atoms with E-state index in [9.17, 15) is 9.18 Å². The first-order valence-electron chi connectivity index (χ1n) is 6.50. The Labute approximate surface area is 121 Å². The van der Waals surface area contributed by atoms with Gasteiger partial charge in [0.25, 0.3) is 0 Å². The van der Waals surface area contributed by atoms with Crippen molar-refractivity contribution in [1.29, 1.82) is 0 Å². The van der Waals surface area contributed by atoms with Crippen molar-refractivity contribution < 1.29 is 9.18 Å². The van der Waals surface area contributed by atoms with Gasteiger partial charge in [0, 0.05) is 17.0 Å². The lowest BCUT2D eigenvalue weighted by Gasteiger charge is -2.10. The summed E-state index contributed by atoms with van der Waals surface area (Å²) in [6.45, 7) is 0.235. The Morgan fingerprint density at radius 3 is 2.75 bits per heavy atom. The highest BCUT2D eigenvalue weighted by atomic mass is 32.2. The molecule has 1 aliphatic heterocycles. The molecule has 0 aromatic heterocycles. The summed E-state index contributed by atoms with van der Waals surface area (Å²) in [7, 11) is 0. The lowest BCUT2D eigenvalue weighted by atomic mass is 10.1. The quantitative estimate of drug-likeness (QED) is 0.939. The van der Waals surface area contributed by atoms with Crippen molar-refractivity contribution >= 4 is 17.7 Å². The first-order chi connectivity index (χ1) is 9.74. The van der Waals surface area contributed by atoms with Gasteiger partial charge in [-0.2, -0.15) is 0 Å². The number of hydrogen-bond donors (Lipinski definition) is 1. The largest absolute Gasteiger partial charge is 0.351 e. The van der Waals surface area contributed by atoms with Crippen molar-refractivity contribution in [2.24, 2.45) is 0 Å². The summed E-state index contributed by atoms with van der Waals surface area (Å²) in [5.41, 5.74) is 1.73. The highest BCUT2D eigenvalue weighted by Gasteiger charge is 2.27. The van der Waals surface area contributed by atoms with E-state index in [1.807, 2.05) is 24.3 Å². The molecule has 2 aromatic carbocycles. The molecule has 4 heteroatoms. The van der Waals surface area contributed by atoms with E-state index in [2.05, 4.69) is 5.32 Å². The lowest BCUT2D eigenvalue weighted by Crippen LogP contribution is -2.32. The molecule has 1 atom stereocenters. The highest BCUT2D eigenvalue weighted by molar-refractivity contribution is 8.01. The molecule has 1 aliphatic rings. The van der Waals surface area contributed by atoms with Crippen molar-refractivity contribution in [3.63, 3.8) is 0 Å². The van der Waals surface area contributed by atoms with Gasteiger partial charge in [-0.1, -0.05) is 36.4 Å². The molecule has 0 saturated carbocycles. The summed E-state index contributed by atoms with van der Waals surface area (Å²) in [6, 6.07) is 14.5. The second-order valence-corrected chi connectivity index (χ2v) is 5.97. The number of halogens is 1. The Morgan fingerprint density at radius 1 is 1.20 bits per heavy atom. The molecule has 0 radical (unpaired) electrons. The number of fused-ring (bicyclic) bond motifs is 1. The van der Waals surface area contributed by atoms with Crippen molar-refractivity contribution in [3.8, 4) is 0 Å². The minimum absolute atomic E-state index is 0.0329. The SMILES string of the molecule is O=C(NCc1ccccc1F)C1Cc2ccccc2S1. The van der Waals surface area contributed by atoms with Gasteiger partial charge in [0.1, 0.15) is 5.82 Å². The number of hydrogen-bond acceptors (Lipinski definition) is 2. The molecule has 1 heterocycles. The van der Waals surface area contributed by atoms with Gasteiger partial charge in [-0.15, -0.1) is 11.8 Å². The van der Waals surface area contributed by atoms with Crippen LogP contribution in [0.4, 0.5) is 4.39 Å². The molecule has 0 spiro atoms. The number of amides is 1. The molecule has 1 N–H and O–H groups in total. The van der Waals surface area contributed by atoms with Gasteiger partial charge >= 0.3 is 0 Å². The van der Waals surface area contributed by atoms with Gasteiger partial charge < -0.3 is 5.32 Å². The van der Waals surface area contributed by atoms with Crippen molar-refractivity contribution in [2.75, 3.05) is 0 Å². The van der Waals surface area contributed by atoms with E-state index in [-0.39, 0.29) is 23.5 Å². The van der Waals surface area contributed by atoms with Gasteiger partial charge in [-0.05, 0) is 24.1 Å². The maximum Gasteiger partial charge on any atom is 0.234 e. The maximum absolute atomic E-state index is 13.5. The van der Waals surface area contributed by atoms with Crippen LogP contribution in [0.5, 0.6) is 0 Å². The molecule has 102 valence electrons. The third-order valence-corrected chi connectivity index (χ3v) is 4.67. The van der Waals surface area contributed by atoms with Crippen LogP contribution in [-0.4, -0.2) is 11.2 Å². The lowest BCUT2D eigenvalue weighted by molar-refractivity contribution is -0.120. The summed E-state index contributed by atoms with van der Waals surface area (Å²) in [5.74, 6) is -0.315. The zero-order chi connectivity index (χ0) is 13.9. The smallest absolute Gasteiger partial charge is 0.234 e. The molecule has 2 nitrogen and oxygen atoms in total. The fourth-order valence-electron chi connectivity index (χ4n) is 2.27. The Hall–Kier alpha value is -1.81. The molecule has 3 rings (SSSR count). The predicted octanol–water partition coefficient (Wildman–Crippen LogP) is 3.16. The average molecular weight is 287 g/mol. The molecule has 0 saturated heterocycles. The first kappa shape index (κ1) is 13.2. The summed E-state index contributed by atoms with van der Waals surface area (Å²) < 4.78 is 13.5. The molecule has 0 fully saturated rings. The second kappa shape index (κ2) is 5.67. The molecule has 1 unspecified atom stereocenters. The van der Waals surface area contributed by atoms with Crippen LogP contribution < -0.4 is 5.32 Å².